The number of carbonyl (C=O) groups excluding carboxylic acids is 2. The van der Waals surface area contributed by atoms with E-state index in [9.17, 15) is 9.59 Å². The van der Waals surface area contributed by atoms with Gasteiger partial charge in [-0.2, -0.15) is 0 Å². The largest absolute Gasteiger partial charge is 0.354 e. The van der Waals surface area contributed by atoms with E-state index in [0.29, 0.717) is 25.2 Å². The number of hydrogen-bond donors (Lipinski definition) is 4. The van der Waals surface area contributed by atoms with Crippen molar-refractivity contribution in [1.29, 1.82) is 0 Å². The van der Waals surface area contributed by atoms with Gasteiger partial charge in [-0.05, 0) is 17.7 Å². The lowest BCUT2D eigenvalue weighted by Gasteiger charge is -2.18. The van der Waals surface area contributed by atoms with Crippen molar-refractivity contribution in [2.75, 3.05) is 19.6 Å². The number of nitrogens with one attached hydrogen (secondary N) is 4. The molecular weight excluding hydrogens is 316 g/mol. The van der Waals surface area contributed by atoms with E-state index in [1.54, 1.807) is 12.1 Å². The lowest BCUT2D eigenvalue weighted by Crippen LogP contribution is -2.39. The number of carbonyl (C=O) groups is 2. The molecule has 0 spiro atoms. The minimum atomic E-state index is -0.188. The Labute approximate surface area is 147 Å². The van der Waals surface area contributed by atoms with Crippen LogP contribution in [0.3, 0.4) is 0 Å². The van der Waals surface area contributed by atoms with Gasteiger partial charge in [0.2, 0.25) is 5.91 Å². The smallest absolute Gasteiger partial charge is 0.251 e. The first kappa shape index (κ1) is 17.1. The molecule has 2 aromatic rings. The molecule has 4 N–H and O–H groups in total. The van der Waals surface area contributed by atoms with Crippen molar-refractivity contribution in [1.82, 2.24) is 21.5 Å². The molecule has 2 amide bonds. The maximum Gasteiger partial charge on any atom is 0.251 e. The molecule has 25 heavy (non-hydrogen) atoms. The van der Waals surface area contributed by atoms with Gasteiger partial charge in [0, 0.05) is 25.2 Å². The standard InChI is InChI=1S/C19H22N4O2/c24-18(15-9-5-2-6-10-15)20-11-12-21-19(25)16-13-22-23-17(16)14-7-3-1-4-8-14/h1-10,16-17,22-23H,11-13H2,(H,20,24)(H,21,25). The average Bonchev–Trinajstić information content (AvgIpc) is 3.16. The molecule has 6 nitrogen and oxygen atoms in total. The Morgan fingerprint density at radius 2 is 1.56 bits per heavy atom. The third-order valence-corrected chi connectivity index (χ3v) is 4.22. The van der Waals surface area contributed by atoms with Gasteiger partial charge in [0.25, 0.3) is 5.91 Å². The molecule has 0 aromatic heterocycles. The lowest BCUT2D eigenvalue weighted by molar-refractivity contribution is -0.124. The molecule has 0 aliphatic carbocycles. The second-order valence-corrected chi connectivity index (χ2v) is 5.93. The summed E-state index contributed by atoms with van der Waals surface area (Å²) in [5.74, 6) is -0.353. The van der Waals surface area contributed by atoms with Gasteiger partial charge in [-0.15, -0.1) is 0 Å². The number of amides is 2. The Kier molecular flexibility index (Phi) is 5.77. The Bertz CT molecular complexity index is 706. The molecule has 130 valence electrons. The van der Waals surface area contributed by atoms with Crippen LogP contribution in [0.25, 0.3) is 0 Å². The van der Waals surface area contributed by atoms with Gasteiger partial charge in [-0.25, -0.2) is 5.43 Å². The first-order valence-corrected chi connectivity index (χ1v) is 8.40. The van der Waals surface area contributed by atoms with Crippen LogP contribution in [0.2, 0.25) is 0 Å². The van der Waals surface area contributed by atoms with E-state index in [-0.39, 0.29) is 23.8 Å². The molecule has 2 aromatic carbocycles. The molecule has 1 aliphatic heterocycles. The van der Waals surface area contributed by atoms with Gasteiger partial charge in [-0.1, -0.05) is 48.5 Å². The summed E-state index contributed by atoms with van der Waals surface area (Å²) in [6.07, 6.45) is 0. The molecule has 2 unspecified atom stereocenters. The third-order valence-electron chi connectivity index (χ3n) is 4.22. The monoisotopic (exact) mass is 338 g/mol. The van der Waals surface area contributed by atoms with Crippen molar-refractivity contribution in [3.63, 3.8) is 0 Å². The van der Waals surface area contributed by atoms with Gasteiger partial charge in [0.15, 0.2) is 0 Å². The quantitative estimate of drug-likeness (QED) is 0.592. The first-order chi connectivity index (χ1) is 12.3. The van der Waals surface area contributed by atoms with Crippen molar-refractivity contribution in [2.24, 2.45) is 5.92 Å². The molecule has 0 bridgehead atoms. The summed E-state index contributed by atoms with van der Waals surface area (Å²) in [6, 6.07) is 18.9. The minimum absolute atomic E-state index is 0.0275. The van der Waals surface area contributed by atoms with Crippen LogP contribution < -0.4 is 21.5 Å². The number of hydrogen-bond acceptors (Lipinski definition) is 4. The van der Waals surface area contributed by atoms with Crippen molar-refractivity contribution in [3.8, 4) is 0 Å². The highest BCUT2D eigenvalue weighted by molar-refractivity contribution is 5.94. The fourth-order valence-electron chi connectivity index (χ4n) is 2.90. The summed E-state index contributed by atoms with van der Waals surface area (Å²) in [7, 11) is 0. The van der Waals surface area contributed by atoms with Crippen molar-refractivity contribution in [3.05, 3.63) is 71.8 Å². The number of hydrazine groups is 1. The highest BCUT2D eigenvalue weighted by Gasteiger charge is 2.33. The van der Waals surface area contributed by atoms with Crippen LogP contribution in [-0.4, -0.2) is 31.4 Å². The Hall–Kier alpha value is -2.70. The average molecular weight is 338 g/mol. The normalized spacial score (nSPS) is 19.4. The van der Waals surface area contributed by atoms with E-state index in [1.165, 1.54) is 0 Å². The van der Waals surface area contributed by atoms with Crippen molar-refractivity contribution in [2.45, 2.75) is 6.04 Å². The first-order valence-electron chi connectivity index (χ1n) is 8.40. The topological polar surface area (TPSA) is 82.3 Å². The molecule has 3 rings (SSSR count). The summed E-state index contributed by atoms with van der Waals surface area (Å²) in [5, 5.41) is 5.70. The van der Waals surface area contributed by atoms with Gasteiger partial charge >= 0.3 is 0 Å². The zero-order valence-electron chi connectivity index (χ0n) is 13.9. The third kappa shape index (κ3) is 4.43. The predicted molar refractivity (Wildman–Crippen MR) is 95.6 cm³/mol. The number of benzene rings is 2. The Balaban J connectivity index is 1.45. The van der Waals surface area contributed by atoms with E-state index in [4.69, 9.17) is 0 Å². The van der Waals surface area contributed by atoms with Gasteiger partial charge in [0.05, 0.1) is 12.0 Å². The lowest BCUT2D eigenvalue weighted by atomic mass is 9.94. The molecule has 1 aliphatic rings. The summed E-state index contributed by atoms with van der Waals surface area (Å²) in [4.78, 5) is 24.4. The van der Waals surface area contributed by atoms with Crippen LogP contribution in [0.5, 0.6) is 0 Å². The molecule has 0 radical (unpaired) electrons. The zero-order valence-corrected chi connectivity index (χ0v) is 13.9. The molecule has 0 saturated carbocycles. The summed E-state index contributed by atoms with van der Waals surface area (Å²) in [6.45, 7) is 1.36. The predicted octanol–water partition coefficient (Wildman–Crippen LogP) is 0.998. The maximum absolute atomic E-state index is 12.4. The van der Waals surface area contributed by atoms with Crippen LogP contribution in [0.1, 0.15) is 22.0 Å². The Morgan fingerprint density at radius 1 is 0.920 bits per heavy atom. The van der Waals surface area contributed by atoms with E-state index in [0.717, 1.165) is 5.56 Å². The van der Waals surface area contributed by atoms with E-state index >= 15 is 0 Å². The minimum Gasteiger partial charge on any atom is -0.354 e. The molecule has 1 fully saturated rings. The fourth-order valence-corrected chi connectivity index (χ4v) is 2.90. The van der Waals surface area contributed by atoms with E-state index in [2.05, 4.69) is 21.5 Å². The fraction of sp³-hybridized carbons (Fsp3) is 0.263. The van der Waals surface area contributed by atoms with E-state index in [1.807, 2.05) is 48.5 Å². The SMILES string of the molecule is O=C(NCCNC(=O)C1CNNC1c1ccccc1)c1ccccc1. The molecule has 1 saturated heterocycles. The van der Waals surface area contributed by atoms with Crippen LogP contribution >= 0.6 is 0 Å². The van der Waals surface area contributed by atoms with E-state index < -0.39 is 0 Å². The molecule has 2 atom stereocenters. The highest BCUT2D eigenvalue weighted by Crippen LogP contribution is 2.24. The maximum atomic E-state index is 12.4. The zero-order chi connectivity index (χ0) is 17.5. The van der Waals surface area contributed by atoms with Crippen LogP contribution in [-0.2, 0) is 4.79 Å². The molecule has 1 heterocycles. The van der Waals surface area contributed by atoms with Gasteiger partial charge in [0.1, 0.15) is 0 Å². The summed E-state index contributed by atoms with van der Waals surface area (Å²) < 4.78 is 0. The van der Waals surface area contributed by atoms with Crippen LogP contribution in [0.15, 0.2) is 60.7 Å². The second kappa shape index (κ2) is 8.41. The van der Waals surface area contributed by atoms with Gasteiger partial charge < -0.3 is 10.6 Å². The number of rotatable bonds is 6. The van der Waals surface area contributed by atoms with Crippen molar-refractivity contribution >= 4 is 11.8 Å². The van der Waals surface area contributed by atoms with Crippen LogP contribution in [0.4, 0.5) is 0 Å². The van der Waals surface area contributed by atoms with Gasteiger partial charge in [-0.3, -0.25) is 15.0 Å². The Morgan fingerprint density at radius 3 is 2.28 bits per heavy atom. The molecular formula is C19H22N4O2. The second-order valence-electron chi connectivity index (χ2n) is 5.93. The van der Waals surface area contributed by atoms with Crippen LogP contribution in [0, 0.1) is 5.92 Å². The van der Waals surface area contributed by atoms with Crippen molar-refractivity contribution < 1.29 is 9.59 Å². The summed E-state index contributed by atoms with van der Waals surface area (Å²) in [5.41, 5.74) is 7.89. The molecule has 6 heteroatoms. The summed E-state index contributed by atoms with van der Waals surface area (Å²) >= 11 is 0. The highest BCUT2D eigenvalue weighted by atomic mass is 16.2.